The molecule has 94 valence electrons. The minimum absolute atomic E-state index is 0.239. The molecule has 1 saturated heterocycles. The summed E-state index contributed by atoms with van der Waals surface area (Å²) in [5.74, 6) is 0.239. The molecule has 1 heterocycles. The van der Waals surface area contributed by atoms with E-state index < -0.39 is 10.0 Å². The Balaban J connectivity index is 2.02. The van der Waals surface area contributed by atoms with Gasteiger partial charge in [-0.25, -0.2) is 8.42 Å². The third-order valence-corrected chi connectivity index (χ3v) is 4.23. The SMILES string of the molecule is CS(=O)(=O)N1CCN(c2ccc(O)cc2)CC1. The van der Waals surface area contributed by atoms with Crippen molar-refractivity contribution in [2.45, 2.75) is 0 Å². The number of hydrogen-bond donors (Lipinski definition) is 1. The summed E-state index contributed by atoms with van der Waals surface area (Å²) in [6.07, 6.45) is 1.24. The van der Waals surface area contributed by atoms with Crippen molar-refractivity contribution in [1.29, 1.82) is 0 Å². The molecular weight excluding hydrogens is 240 g/mol. The van der Waals surface area contributed by atoms with Gasteiger partial charge in [0.05, 0.1) is 6.26 Å². The van der Waals surface area contributed by atoms with Crippen molar-refractivity contribution < 1.29 is 13.5 Å². The number of benzene rings is 1. The molecule has 1 aromatic carbocycles. The molecule has 1 aliphatic heterocycles. The lowest BCUT2D eigenvalue weighted by Crippen LogP contribution is -2.48. The molecule has 1 N–H and O–H groups in total. The molecule has 1 aromatic rings. The maximum Gasteiger partial charge on any atom is 0.211 e. The Kier molecular flexibility index (Phi) is 3.26. The molecule has 0 radical (unpaired) electrons. The summed E-state index contributed by atoms with van der Waals surface area (Å²) in [6.45, 7) is 2.38. The lowest BCUT2D eigenvalue weighted by Gasteiger charge is -2.34. The van der Waals surface area contributed by atoms with Crippen molar-refractivity contribution in [3.05, 3.63) is 24.3 Å². The number of rotatable bonds is 2. The highest BCUT2D eigenvalue weighted by Crippen LogP contribution is 2.20. The third kappa shape index (κ3) is 2.89. The Bertz CT molecular complexity index is 476. The molecule has 17 heavy (non-hydrogen) atoms. The van der Waals surface area contributed by atoms with E-state index in [1.165, 1.54) is 10.6 Å². The van der Waals surface area contributed by atoms with Gasteiger partial charge in [-0.3, -0.25) is 0 Å². The average molecular weight is 256 g/mol. The molecule has 1 aliphatic rings. The van der Waals surface area contributed by atoms with Gasteiger partial charge in [-0.1, -0.05) is 0 Å². The maximum atomic E-state index is 11.3. The fraction of sp³-hybridized carbons (Fsp3) is 0.455. The Morgan fingerprint density at radius 2 is 1.59 bits per heavy atom. The number of hydrogen-bond acceptors (Lipinski definition) is 4. The first-order valence-electron chi connectivity index (χ1n) is 5.46. The van der Waals surface area contributed by atoms with E-state index in [1.54, 1.807) is 12.1 Å². The van der Waals surface area contributed by atoms with Crippen LogP contribution in [0, 0.1) is 0 Å². The molecule has 0 aliphatic carbocycles. The summed E-state index contributed by atoms with van der Waals surface area (Å²) in [4.78, 5) is 2.11. The van der Waals surface area contributed by atoms with Gasteiger partial charge in [0.15, 0.2) is 0 Å². The number of nitrogens with zero attached hydrogens (tertiary/aromatic N) is 2. The molecular formula is C11H16N2O3S. The summed E-state index contributed by atoms with van der Waals surface area (Å²) in [7, 11) is -3.07. The van der Waals surface area contributed by atoms with Gasteiger partial charge in [-0.05, 0) is 24.3 Å². The summed E-state index contributed by atoms with van der Waals surface area (Å²) >= 11 is 0. The van der Waals surface area contributed by atoms with Crippen LogP contribution in [-0.4, -0.2) is 50.3 Å². The van der Waals surface area contributed by atoms with Gasteiger partial charge in [0.25, 0.3) is 0 Å². The van der Waals surface area contributed by atoms with Crippen molar-refractivity contribution in [3.63, 3.8) is 0 Å². The van der Waals surface area contributed by atoms with E-state index in [9.17, 15) is 13.5 Å². The molecule has 0 saturated carbocycles. The largest absolute Gasteiger partial charge is 0.508 e. The second kappa shape index (κ2) is 4.54. The highest BCUT2D eigenvalue weighted by atomic mass is 32.2. The Labute approximate surface area is 101 Å². The lowest BCUT2D eigenvalue weighted by atomic mass is 10.2. The fourth-order valence-corrected chi connectivity index (χ4v) is 2.77. The Hall–Kier alpha value is -1.27. The zero-order chi connectivity index (χ0) is 12.5. The van der Waals surface area contributed by atoms with E-state index in [-0.39, 0.29) is 5.75 Å². The van der Waals surface area contributed by atoms with E-state index in [0.29, 0.717) is 26.2 Å². The number of sulfonamides is 1. The summed E-state index contributed by atoms with van der Waals surface area (Å²) in [6, 6.07) is 6.95. The van der Waals surface area contributed by atoms with Crippen molar-refractivity contribution in [2.24, 2.45) is 0 Å². The van der Waals surface area contributed by atoms with E-state index >= 15 is 0 Å². The van der Waals surface area contributed by atoms with Crippen LogP contribution in [0.4, 0.5) is 5.69 Å². The molecule has 6 heteroatoms. The zero-order valence-electron chi connectivity index (χ0n) is 9.70. The lowest BCUT2D eigenvalue weighted by molar-refractivity contribution is 0.388. The molecule has 1 fully saturated rings. The van der Waals surface area contributed by atoms with Crippen LogP contribution in [0.25, 0.3) is 0 Å². The molecule has 0 spiro atoms. The number of anilines is 1. The fourth-order valence-electron chi connectivity index (χ4n) is 1.94. The second-order valence-electron chi connectivity index (χ2n) is 4.17. The standard InChI is InChI=1S/C11H16N2O3S/c1-17(15,16)13-8-6-12(7-9-13)10-2-4-11(14)5-3-10/h2-5,14H,6-9H2,1H3. The van der Waals surface area contributed by atoms with Crippen LogP contribution in [0.5, 0.6) is 5.75 Å². The van der Waals surface area contributed by atoms with Gasteiger partial charge in [-0.2, -0.15) is 4.31 Å². The van der Waals surface area contributed by atoms with Crippen molar-refractivity contribution in [2.75, 3.05) is 37.3 Å². The van der Waals surface area contributed by atoms with Crippen LogP contribution < -0.4 is 4.90 Å². The van der Waals surface area contributed by atoms with Gasteiger partial charge in [0, 0.05) is 31.9 Å². The number of aromatic hydroxyl groups is 1. The molecule has 0 amide bonds. The van der Waals surface area contributed by atoms with Gasteiger partial charge in [-0.15, -0.1) is 0 Å². The maximum absolute atomic E-state index is 11.3. The smallest absolute Gasteiger partial charge is 0.211 e. The highest BCUT2D eigenvalue weighted by Gasteiger charge is 2.23. The van der Waals surface area contributed by atoms with Crippen molar-refractivity contribution in [3.8, 4) is 5.75 Å². The predicted molar refractivity (Wildman–Crippen MR) is 66.7 cm³/mol. The molecule has 0 atom stereocenters. The van der Waals surface area contributed by atoms with E-state index in [2.05, 4.69) is 4.90 Å². The van der Waals surface area contributed by atoms with Crippen LogP contribution in [0.15, 0.2) is 24.3 Å². The van der Waals surface area contributed by atoms with Crippen LogP contribution in [-0.2, 0) is 10.0 Å². The monoisotopic (exact) mass is 256 g/mol. The first-order valence-corrected chi connectivity index (χ1v) is 7.31. The molecule has 0 bridgehead atoms. The summed E-state index contributed by atoms with van der Waals surface area (Å²) in [5, 5.41) is 9.20. The van der Waals surface area contributed by atoms with Gasteiger partial charge in [0.2, 0.25) is 10.0 Å². The average Bonchev–Trinajstić information content (AvgIpc) is 2.29. The van der Waals surface area contributed by atoms with Crippen LogP contribution >= 0.6 is 0 Å². The number of piperazine rings is 1. The first kappa shape index (κ1) is 12.2. The van der Waals surface area contributed by atoms with Crippen LogP contribution in [0.3, 0.4) is 0 Å². The van der Waals surface area contributed by atoms with E-state index in [0.717, 1.165) is 5.69 Å². The van der Waals surface area contributed by atoms with E-state index in [4.69, 9.17) is 0 Å². The van der Waals surface area contributed by atoms with Crippen LogP contribution in [0.1, 0.15) is 0 Å². The van der Waals surface area contributed by atoms with Gasteiger partial charge >= 0.3 is 0 Å². The van der Waals surface area contributed by atoms with Gasteiger partial charge < -0.3 is 10.0 Å². The molecule has 0 aromatic heterocycles. The Morgan fingerprint density at radius 3 is 2.06 bits per heavy atom. The minimum Gasteiger partial charge on any atom is -0.508 e. The van der Waals surface area contributed by atoms with Crippen molar-refractivity contribution >= 4 is 15.7 Å². The van der Waals surface area contributed by atoms with E-state index in [1.807, 2.05) is 12.1 Å². The third-order valence-electron chi connectivity index (χ3n) is 2.92. The Morgan fingerprint density at radius 1 is 1.06 bits per heavy atom. The van der Waals surface area contributed by atoms with Crippen molar-refractivity contribution in [1.82, 2.24) is 4.31 Å². The van der Waals surface area contributed by atoms with Gasteiger partial charge in [0.1, 0.15) is 5.75 Å². The molecule has 5 nitrogen and oxygen atoms in total. The summed E-state index contributed by atoms with van der Waals surface area (Å²) in [5.41, 5.74) is 1.01. The highest BCUT2D eigenvalue weighted by molar-refractivity contribution is 7.88. The predicted octanol–water partition coefficient (Wildman–Crippen LogP) is 0.474. The minimum atomic E-state index is -3.07. The quantitative estimate of drug-likeness (QED) is 0.836. The topological polar surface area (TPSA) is 60.9 Å². The molecule has 0 unspecified atom stereocenters. The van der Waals surface area contributed by atoms with Crippen LogP contribution in [0.2, 0.25) is 0 Å². The summed E-state index contributed by atoms with van der Waals surface area (Å²) < 4.78 is 24.2. The zero-order valence-corrected chi connectivity index (χ0v) is 10.5. The molecule has 2 rings (SSSR count). The normalized spacial score (nSPS) is 18.3. The number of phenolic OH excluding ortho intramolecular Hbond substituents is 1. The number of phenols is 1. The first-order chi connectivity index (χ1) is 7.97. The second-order valence-corrected chi connectivity index (χ2v) is 6.15.